The van der Waals surface area contributed by atoms with Gasteiger partial charge in [0.25, 0.3) is 11.5 Å². The zero-order valence-corrected chi connectivity index (χ0v) is 12.8. The Morgan fingerprint density at radius 2 is 2.14 bits per heavy atom. The number of rotatable bonds is 7. The molecule has 0 radical (unpaired) electrons. The quantitative estimate of drug-likeness (QED) is 0.702. The van der Waals surface area contributed by atoms with Crippen LogP contribution in [0, 0.1) is 6.92 Å². The monoisotopic (exact) mass is 304 g/mol. The third-order valence-electron chi connectivity index (χ3n) is 3.16. The summed E-state index contributed by atoms with van der Waals surface area (Å²) in [6.45, 7) is 4.24. The first kappa shape index (κ1) is 16.1. The first-order chi connectivity index (χ1) is 10.6. The fourth-order valence-corrected chi connectivity index (χ4v) is 2.00. The van der Waals surface area contributed by atoms with Crippen LogP contribution in [0.2, 0.25) is 0 Å². The van der Waals surface area contributed by atoms with E-state index in [2.05, 4.69) is 15.6 Å². The Labute approximate surface area is 128 Å². The second-order valence-electron chi connectivity index (χ2n) is 4.91. The van der Waals surface area contributed by atoms with E-state index in [-0.39, 0.29) is 11.1 Å². The number of carbonyl (C=O) groups excluding carboxylic acids is 1. The van der Waals surface area contributed by atoms with Crippen molar-refractivity contribution in [1.29, 1.82) is 0 Å². The van der Waals surface area contributed by atoms with Crippen molar-refractivity contribution in [2.75, 3.05) is 33.4 Å². The van der Waals surface area contributed by atoms with Gasteiger partial charge in [0.05, 0.1) is 6.61 Å². The molecule has 118 valence electrons. The third kappa shape index (κ3) is 3.90. The van der Waals surface area contributed by atoms with Crippen molar-refractivity contribution in [1.82, 2.24) is 20.0 Å². The lowest BCUT2D eigenvalue weighted by molar-refractivity contribution is 0.0951. The van der Waals surface area contributed by atoms with Gasteiger partial charge in [0, 0.05) is 39.1 Å². The lowest BCUT2D eigenvalue weighted by Gasteiger charge is -2.07. The number of amides is 1. The normalized spacial score (nSPS) is 10.8. The van der Waals surface area contributed by atoms with E-state index in [4.69, 9.17) is 4.74 Å². The minimum Gasteiger partial charge on any atom is -0.383 e. The molecule has 7 nitrogen and oxygen atoms in total. The van der Waals surface area contributed by atoms with Crippen molar-refractivity contribution < 1.29 is 9.53 Å². The summed E-state index contributed by atoms with van der Waals surface area (Å²) < 4.78 is 6.29. The van der Waals surface area contributed by atoms with Crippen molar-refractivity contribution in [2.24, 2.45) is 0 Å². The highest BCUT2D eigenvalue weighted by Gasteiger charge is 2.12. The highest BCUT2D eigenvalue weighted by atomic mass is 16.5. The zero-order chi connectivity index (χ0) is 15.9. The van der Waals surface area contributed by atoms with Gasteiger partial charge in [-0.2, -0.15) is 0 Å². The molecule has 0 aliphatic carbocycles. The Morgan fingerprint density at radius 1 is 1.32 bits per heavy atom. The van der Waals surface area contributed by atoms with Crippen LogP contribution in [0.4, 0.5) is 0 Å². The van der Waals surface area contributed by atoms with Crippen LogP contribution >= 0.6 is 0 Å². The summed E-state index contributed by atoms with van der Waals surface area (Å²) in [7, 11) is 1.63. The van der Waals surface area contributed by atoms with Crippen LogP contribution in [-0.2, 0) is 4.74 Å². The molecule has 2 aromatic rings. The SMILES string of the molecule is COCCNCCNC(=O)c1cnc2ccc(C)cn2c1=O. The van der Waals surface area contributed by atoms with E-state index in [1.165, 1.54) is 10.6 Å². The zero-order valence-electron chi connectivity index (χ0n) is 12.8. The van der Waals surface area contributed by atoms with Crippen molar-refractivity contribution in [3.05, 3.63) is 46.0 Å². The molecule has 2 aromatic heterocycles. The van der Waals surface area contributed by atoms with Gasteiger partial charge in [0.1, 0.15) is 11.2 Å². The number of pyridine rings is 1. The van der Waals surface area contributed by atoms with Crippen molar-refractivity contribution in [3.8, 4) is 0 Å². The molecule has 0 bridgehead atoms. The molecular formula is C15H20N4O3. The molecule has 0 fully saturated rings. The fraction of sp³-hybridized carbons (Fsp3) is 0.400. The predicted molar refractivity (Wildman–Crippen MR) is 83.3 cm³/mol. The van der Waals surface area contributed by atoms with E-state index in [0.717, 1.165) is 5.56 Å². The molecule has 2 rings (SSSR count). The Balaban J connectivity index is 2.02. The molecule has 22 heavy (non-hydrogen) atoms. The number of methoxy groups -OCH3 is 1. The summed E-state index contributed by atoms with van der Waals surface area (Å²) >= 11 is 0. The molecule has 0 saturated heterocycles. The van der Waals surface area contributed by atoms with Gasteiger partial charge < -0.3 is 15.4 Å². The standard InChI is InChI=1S/C15H20N4O3/c1-11-3-4-13-18-9-12(15(21)19(13)10-11)14(20)17-6-5-16-7-8-22-2/h3-4,9-10,16H,5-8H2,1-2H3,(H,17,20). The first-order valence-electron chi connectivity index (χ1n) is 7.09. The van der Waals surface area contributed by atoms with E-state index < -0.39 is 5.91 Å². The topological polar surface area (TPSA) is 84.7 Å². The maximum Gasteiger partial charge on any atom is 0.270 e. The molecule has 0 aliphatic heterocycles. The van der Waals surface area contributed by atoms with E-state index >= 15 is 0 Å². The summed E-state index contributed by atoms with van der Waals surface area (Å²) in [5.74, 6) is -0.415. The van der Waals surface area contributed by atoms with Gasteiger partial charge in [-0.25, -0.2) is 4.98 Å². The van der Waals surface area contributed by atoms with Crippen LogP contribution in [0.15, 0.2) is 29.3 Å². The maximum atomic E-state index is 12.3. The molecule has 1 amide bonds. The van der Waals surface area contributed by atoms with Crippen molar-refractivity contribution >= 4 is 11.6 Å². The molecular weight excluding hydrogens is 284 g/mol. The molecule has 2 heterocycles. The summed E-state index contributed by atoms with van der Waals surface area (Å²) in [6.07, 6.45) is 2.99. The van der Waals surface area contributed by atoms with E-state index in [9.17, 15) is 9.59 Å². The van der Waals surface area contributed by atoms with Gasteiger partial charge in [-0.3, -0.25) is 14.0 Å². The molecule has 7 heteroatoms. The van der Waals surface area contributed by atoms with Gasteiger partial charge in [-0.15, -0.1) is 0 Å². The summed E-state index contributed by atoms with van der Waals surface area (Å²) in [5.41, 5.74) is 1.13. The average Bonchev–Trinajstić information content (AvgIpc) is 2.51. The van der Waals surface area contributed by atoms with E-state index in [1.807, 2.05) is 13.0 Å². The molecule has 0 saturated carbocycles. The number of nitrogens with one attached hydrogen (secondary N) is 2. The minimum atomic E-state index is -0.415. The Kier molecular flexibility index (Phi) is 5.62. The third-order valence-corrected chi connectivity index (χ3v) is 3.16. The Morgan fingerprint density at radius 3 is 2.91 bits per heavy atom. The van der Waals surface area contributed by atoms with Crippen molar-refractivity contribution in [2.45, 2.75) is 6.92 Å². The largest absolute Gasteiger partial charge is 0.383 e. The van der Waals surface area contributed by atoms with Gasteiger partial charge in [-0.1, -0.05) is 6.07 Å². The maximum absolute atomic E-state index is 12.3. The number of hydrogen-bond acceptors (Lipinski definition) is 5. The number of ether oxygens (including phenoxy) is 1. The average molecular weight is 304 g/mol. The first-order valence-corrected chi connectivity index (χ1v) is 7.09. The lowest BCUT2D eigenvalue weighted by Crippen LogP contribution is -2.36. The van der Waals surface area contributed by atoms with Crippen molar-refractivity contribution in [3.63, 3.8) is 0 Å². The van der Waals surface area contributed by atoms with Crippen LogP contribution in [0.3, 0.4) is 0 Å². The Hall–Kier alpha value is -2.25. The molecule has 0 unspecified atom stereocenters. The van der Waals surface area contributed by atoms with Crippen LogP contribution in [0.1, 0.15) is 15.9 Å². The highest BCUT2D eigenvalue weighted by Crippen LogP contribution is 2.01. The van der Waals surface area contributed by atoms with Crippen LogP contribution in [-0.4, -0.2) is 48.6 Å². The smallest absolute Gasteiger partial charge is 0.270 e. The fourth-order valence-electron chi connectivity index (χ4n) is 2.00. The number of fused-ring (bicyclic) bond motifs is 1. The van der Waals surface area contributed by atoms with Gasteiger partial charge >= 0.3 is 0 Å². The number of carbonyl (C=O) groups is 1. The second-order valence-corrected chi connectivity index (χ2v) is 4.91. The molecule has 0 spiro atoms. The Bertz CT molecular complexity index is 711. The summed E-state index contributed by atoms with van der Waals surface area (Å²) in [5, 5.41) is 5.81. The highest BCUT2D eigenvalue weighted by molar-refractivity contribution is 5.93. The molecule has 2 N–H and O–H groups in total. The number of hydrogen-bond donors (Lipinski definition) is 2. The molecule has 0 aliphatic rings. The summed E-state index contributed by atoms with van der Waals surface area (Å²) in [6, 6.07) is 3.62. The predicted octanol–water partition coefficient (Wildman–Crippen LogP) is -0.0313. The van der Waals surface area contributed by atoms with E-state index in [1.54, 1.807) is 19.4 Å². The van der Waals surface area contributed by atoms with Crippen LogP contribution in [0.5, 0.6) is 0 Å². The lowest BCUT2D eigenvalue weighted by atomic mass is 10.2. The van der Waals surface area contributed by atoms with Gasteiger partial charge in [0.15, 0.2) is 0 Å². The minimum absolute atomic E-state index is 0.0417. The second kappa shape index (κ2) is 7.67. The molecule has 0 atom stereocenters. The van der Waals surface area contributed by atoms with E-state index in [0.29, 0.717) is 31.9 Å². The molecule has 0 aromatic carbocycles. The van der Waals surface area contributed by atoms with Gasteiger partial charge in [-0.05, 0) is 18.6 Å². The summed E-state index contributed by atoms with van der Waals surface area (Å²) in [4.78, 5) is 28.5. The van der Waals surface area contributed by atoms with Gasteiger partial charge in [0.2, 0.25) is 0 Å². The van der Waals surface area contributed by atoms with Crippen LogP contribution in [0.25, 0.3) is 5.65 Å². The number of nitrogens with zero attached hydrogens (tertiary/aromatic N) is 2. The number of aromatic nitrogens is 2. The number of aryl methyl sites for hydroxylation is 1. The van der Waals surface area contributed by atoms with Crippen LogP contribution < -0.4 is 16.2 Å².